The molecule has 172 valence electrons. The molecule has 1 aliphatic rings. The fourth-order valence-corrected chi connectivity index (χ4v) is 4.32. The molecule has 3 nitrogen and oxygen atoms in total. The number of carbonyl (C=O) groups excluding carboxylic acids is 1. The maximum absolute atomic E-state index is 11.5. The Labute approximate surface area is 194 Å². The van der Waals surface area contributed by atoms with Gasteiger partial charge in [-0.2, -0.15) is 0 Å². The van der Waals surface area contributed by atoms with Crippen LogP contribution in [0, 0.1) is 0 Å². The summed E-state index contributed by atoms with van der Waals surface area (Å²) in [5.41, 5.74) is 9.05. The number of ketones is 1. The number of nitrogens with zero attached hydrogens (tertiary/aromatic N) is 1. The summed E-state index contributed by atoms with van der Waals surface area (Å²) in [5.74, 6) is 0.101. The van der Waals surface area contributed by atoms with Gasteiger partial charge in [0.2, 0.25) is 0 Å². The molecule has 0 aromatic heterocycles. The molecule has 0 radical (unpaired) electrons. The number of benzene rings is 2. The predicted molar refractivity (Wildman–Crippen MR) is 137 cm³/mol. The molecule has 2 aromatic rings. The molecule has 0 atom stereocenters. The van der Waals surface area contributed by atoms with E-state index >= 15 is 0 Å². The van der Waals surface area contributed by atoms with Crippen molar-refractivity contribution in [3.05, 3.63) is 71.3 Å². The molecular weight excluding hydrogens is 392 g/mol. The first kappa shape index (κ1) is 24.1. The molecule has 0 unspecified atom stereocenters. The molecule has 0 amide bonds. The zero-order chi connectivity index (χ0) is 22.6. The number of anilines is 1. The molecule has 3 rings (SSSR count). The van der Waals surface area contributed by atoms with Crippen LogP contribution in [0.3, 0.4) is 0 Å². The van der Waals surface area contributed by atoms with E-state index in [4.69, 9.17) is 0 Å². The first-order chi connectivity index (χ1) is 15.7. The second-order valence-corrected chi connectivity index (χ2v) is 9.07. The number of hydrogen-bond acceptors (Lipinski definition) is 3. The molecule has 0 fully saturated rings. The van der Waals surface area contributed by atoms with Crippen LogP contribution in [0.2, 0.25) is 0 Å². The number of nitrogens with one attached hydrogen (secondary N) is 1. The van der Waals surface area contributed by atoms with Crippen LogP contribution in [0.25, 0.3) is 5.70 Å². The topological polar surface area (TPSA) is 32.3 Å². The zero-order valence-electron chi connectivity index (χ0n) is 20.0. The second kappa shape index (κ2) is 13.1. The summed E-state index contributed by atoms with van der Waals surface area (Å²) in [6.45, 7) is 4.72. The summed E-state index contributed by atoms with van der Waals surface area (Å²) in [6, 6.07) is 16.8. The Morgan fingerprint density at radius 3 is 2.00 bits per heavy atom. The van der Waals surface area contributed by atoms with Gasteiger partial charge in [-0.05, 0) is 49.1 Å². The minimum atomic E-state index is 0.101. The predicted octanol–water partition coefficient (Wildman–Crippen LogP) is 7.72. The summed E-state index contributed by atoms with van der Waals surface area (Å²) in [5, 5.41) is 2.17. The summed E-state index contributed by atoms with van der Waals surface area (Å²) in [6.07, 6.45) is 17.2. The van der Waals surface area contributed by atoms with E-state index in [0.29, 0.717) is 0 Å². The van der Waals surface area contributed by atoms with E-state index in [1.54, 1.807) is 6.92 Å². The number of hydrogen-bond donors (Lipinski definition) is 1. The first-order valence-electron chi connectivity index (χ1n) is 12.6. The smallest absolute Gasteiger partial charge is 0.159 e. The van der Waals surface area contributed by atoms with E-state index in [1.807, 2.05) is 24.3 Å². The molecule has 1 N–H and O–H groups in total. The van der Waals surface area contributed by atoms with Gasteiger partial charge in [0, 0.05) is 5.56 Å². The Morgan fingerprint density at radius 2 is 1.41 bits per heavy atom. The highest BCUT2D eigenvalue weighted by atomic mass is 16.1. The highest BCUT2D eigenvalue weighted by molar-refractivity contribution is 5.94. The summed E-state index contributed by atoms with van der Waals surface area (Å²) in [4.78, 5) is 11.5. The molecular formula is C29H40N2O. The molecule has 0 spiro atoms. The third-order valence-corrected chi connectivity index (χ3v) is 6.40. The van der Waals surface area contributed by atoms with E-state index in [2.05, 4.69) is 47.7 Å². The van der Waals surface area contributed by atoms with Crippen molar-refractivity contribution in [3.63, 3.8) is 0 Å². The largest absolute Gasteiger partial charge is 0.298 e. The molecule has 0 saturated heterocycles. The van der Waals surface area contributed by atoms with Crippen LogP contribution in [0.15, 0.2) is 54.6 Å². The van der Waals surface area contributed by atoms with Gasteiger partial charge in [0.05, 0.1) is 17.9 Å². The van der Waals surface area contributed by atoms with Crippen LogP contribution < -0.4 is 10.4 Å². The van der Waals surface area contributed by atoms with E-state index in [0.717, 1.165) is 23.4 Å². The third kappa shape index (κ3) is 7.55. The standard InChI is InChI=1S/C29H40N2O/c1-3-4-5-6-7-8-9-10-11-12-13-25-14-20-28(21-15-25)31-23-22-29(30-31)27-18-16-26(17-19-27)24(2)32/h14-22,30H,3-13,23H2,1-2H3. The molecule has 1 heterocycles. The van der Waals surface area contributed by atoms with Crippen molar-refractivity contribution >= 4 is 17.2 Å². The van der Waals surface area contributed by atoms with Crippen molar-refractivity contribution in [2.24, 2.45) is 0 Å². The van der Waals surface area contributed by atoms with Crippen LogP contribution in [-0.4, -0.2) is 12.3 Å². The molecule has 0 aliphatic carbocycles. The first-order valence-corrected chi connectivity index (χ1v) is 12.6. The van der Waals surface area contributed by atoms with Gasteiger partial charge < -0.3 is 0 Å². The third-order valence-electron chi connectivity index (χ3n) is 6.40. The van der Waals surface area contributed by atoms with Crippen LogP contribution in [-0.2, 0) is 6.42 Å². The number of rotatable bonds is 14. The molecule has 1 aliphatic heterocycles. The number of aryl methyl sites for hydroxylation is 1. The SMILES string of the molecule is CCCCCCCCCCCCc1ccc(N2CC=C(c3ccc(C(C)=O)cc3)N2)cc1. The van der Waals surface area contributed by atoms with Crippen molar-refractivity contribution in [1.82, 2.24) is 5.43 Å². The Morgan fingerprint density at radius 1 is 0.812 bits per heavy atom. The normalized spacial score (nSPS) is 13.2. The Kier molecular flexibility index (Phi) is 9.87. The zero-order valence-corrected chi connectivity index (χ0v) is 20.0. The van der Waals surface area contributed by atoms with Gasteiger partial charge in [-0.1, -0.05) is 101 Å². The van der Waals surface area contributed by atoms with Gasteiger partial charge in [0.15, 0.2) is 5.78 Å². The minimum absolute atomic E-state index is 0.101. The van der Waals surface area contributed by atoms with Gasteiger partial charge in [0.1, 0.15) is 0 Å². The molecule has 3 heteroatoms. The molecule has 32 heavy (non-hydrogen) atoms. The van der Waals surface area contributed by atoms with Gasteiger partial charge >= 0.3 is 0 Å². The summed E-state index contributed by atoms with van der Waals surface area (Å²) in [7, 11) is 0. The Bertz CT molecular complexity index is 852. The second-order valence-electron chi connectivity index (χ2n) is 9.07. The lowest BCUT2D eigenvalue weighted by atomic mass is 10.0. The summed E-state index contributed by atoms with van der Waals surface area (Å²) < 4.78 is 0. The fourth-order valence-electron chi connectivity index (χ4n) is 4.32. The number of unbranched alkanes of at least 4 members (excludes halogenated alkanes) is 9. The van der Waals surface area contributed by atoms with E-state index in [1.165, 1.54) is 81.9 Å². The molecule has 0 saturated carbocycles. The average Bonchev–Trinajstić information content (AvgIpc) is 3.31. The van der Waals surface area contributed by atoms with Crippen LogP contribution in [0.1, 0.15) is 99.5 Å². The Hall–Kier alpha value is -2.55. The average molecular weight is 433 g/mol. The van der Waals surface area contributed by atoms with E-state index in [9.17, 15) is 4.79 Å². The van der Waals surface area contributed by atoms with Gasteiger partial charge in [-0.25, -0.2) is 0 Å². The van der Waals surface area contributed by atoms with Gasteiger partial charge in [0.25, 0.3) is 0 Å². The molecule has 0 bridgehead atoms. The lowest BCUT2D eigenvalue weighted by Crippen LogP contribution is -2.31. The van der Waals surface area contributed by atoms with Crippen LogP contribution >= 0.6 is 0 Å². The van der Waals surface area contributed by atoms with Gasteiger partial charge in [-0.15, -0.1) is 0 Å². The highest BCUT2D eigenvalue weighted by Gasteiger charge is 2.15. The highest BCUT2D eigenvalue weighted by Crippen LogP contribution is 2.23. The lowest BCUT2D eigenvalue weighted by Gasteiger charge is -2.21. The maximum atomic E-state index is 11.5. The number of carbonyl (C=O) groups is 1. The number of hydrazine groups is 1. The van der Waals surface area contributed by atoms with Crippen molar-refractivity contribution in [2.75, 3.05) is 11.6 Å². The fraction of sp³-hybridized carbons (Fsp3) is 0.483. The van der Waals surface area contributed by atoms with Crippen LogP contribution in [0.5, 0.6) is 0 Å². The van der Waals surface area contributed by atoms with Crippen molar-refractivity contribution < 1.29 is 4.79 Å². The molecule has 2 aromatic carbocycles. The number of Topliss-reactive ketones (excluding diaryl/α,β-unsaturated/α-hetero) is 1. The lowest BCUT2D eigenvalue weighted by molar-refractivity contribution is 0.101. The minimum Gasteiger partial charge on any atom is -0.298 e. The quantitative estimate of drug-likeness (QED) is 0.245. The maximum Gasteiger partial charge on any atom is 0.159 e. The van der Waals surface area contributed by atoms with Crippen molar-refractivity contribution in [3.8, 4) is 0 Å². The van der Waals surface area contributed by atoms with E-state index in [-0.39, 0.29) is 5.78 Å². The van der Waals surface area contributed by atoms with Crippen LogP contribution in [0.4, 0.5) is 5.69 Å². The monoisotopic (exact) mass is 432 g/mol. The van der Waals surface area contributed by atoms with Crippen molar-refractivity contribution in [2.45, 2.75) is 84.5 Å². The summed E-state index contributed by atoms with van der Waals surface area (Å²) >= 11 is 0. The van der Waals surface area contributed by atoms with Gasteiger partial charge in [-0.3, -0.25) is 15.2 Å². The Balaban J connectivity index is 1.34. The van der Waals surface area contributed by atoms with Crippen molar-refractivity contribution in [1.29, 1.82) is 0 Å². The van der Waals surface area contributed by atoms with E-state index < -0.39 is 0 Å².